The average molecular weight is 362 g/mol. The smallest absolute Gasteiger partial charge is 0.243 e. The zero-order valence-electron chi connectivity index (χ0n) is 14.6. The van der Waals surface area contributed by atoms with Gasteiger partial charge in [0, 0.05) is 19.8 Å². The van der Waals surface area contributed by atoms with Crippen molar-refractivity contribution in [2.75, 3.05) is 0 Å². The Hall–Kier alpha value is -2.95. The van der Waals surface area contributed by atoms with Gasteiger partial charge in [0.2, 0.25) is 17.7 Å². The Morgan fingerprint density at radius 2 is 1.88 bits per heavy atom. The second kappa shape index (κ2) is 10.8. The summed E-state index contributed by atoms with van der Waals surface area (Å²) in [6.45, 7) is 1.25. The van der Waals surface area contributed by atoms with Crippen LogP contribution in [0.1, 0.15) is 38.2 Å². The molecule has 4 N–H and O–H groups in total. The largest absolute Gasteiger partial charge is 0.368 e. The van der Waals surface area contributed by atoms with Crippen LogP contribution in [-0.2, 0) is 20.8 Å². The lowest BCUT2D eigenvalue weighted by Gasteiger charge is -2.21. The summed E-state index contributed by atoms with van der Waals surface area (Å²) in [5.74, 6) is -2.26. The maximum absolute atomic E-state index is 13.8. The number of carbonyl (C=O) groups is 3. The molecule has 0 heterocycles. The lowest BCUT2D eigenvalue weighted by atomic mass is 10.0. The van der Waals surface area contributed by atoms with Crippen molar-refractivity contribution in [1.82, 2.24) is 10.6 Å². The average Bonchev–Trinajstić information content (AvgIpc) is 2.58. The zero-order chi connectivity index (χ0) is 19.5. The topological polar surface area (TPSA) is 125 Å². The first kappa shape index (κ1) is 21.1. The van der Waals surface area contributed by atoms with E-state index in [-0.39, 0.29) is 18.4 Å². The number of nitrogens with one attached hydrogen (secondary N) is 2. The van der Waals surface area contributed by atoms with Crippen LogP contribution in [0.4, 0.5) is 4.39 Å². The second-order valence-electron chi connectivity index (χ2n) is 5.92. The highest BCUT2D eigenvalue weighted by Crippen LogP contribution is 2.10. The summed E-state index contributed by atoms with van der Waals surface area (Å²) in [5, 5.41) is 13.5. The van der Waals surface area contributed by atoms with E-state index in [1.54, 1.807) is 6.07 Å². The Bertz CT molecular complexity index is 687. The lowest BCUT2D eigenvalue weighted by molar-refractivity contribution is -0.131. The molecule has 1 aromatic rings. The molecule has 0 spiro atoms. The maximum atomic E-state index is 13.8. The van der Waals surface area contributed by atoms with E-state index in [2.05, 4.69) is 10.6 Å². The molecule has 2 atom stereocenters. The van der Waals surface area contributed by atoms with Gasteiger partial charge in [-0.2, -0.15) is 5.26 Å². The molecule has 0 bridgehead atoms. The van der Waals surface area contributed by atoms with E-state index in [9.17, 15) is 18.8 Å². The van der Waals surface area contributed by atoms with E-state index in [1.807, 2.05) is 6.07 Å². The summed E-state index contributed by atoms with van der Waals surface area (Å²) in [5.41, 5.74) is 5.58. The van der Waals surface area contributed by atoms with E-state index in [4.69, 9.17) is 11.0 Å². The molecule has 3 amide bonds. The standard InChI is InChI=1S/C18H23FN4O3/c1-12(24)22-16(11-13-7-4-5-8-14(13)19)18(26)23-15(17(21)25)9-3-2-6-10-20/h4-5,7-8,15-16H,2-3,6,9,11H2,1H3,(H2,21,25)(H,22,24)(H,23,26)/t15-,16+/m0/s1. The molecule has 0 unspecified atom stereocenters. The minimum absolute atomic E-state index is 0.0575. The molecule has 0 radical (unpaired) electrons. The van der Waals surface area contributed by atoms with Crippen molar-refractivity contribution in [3.8, 4) is 6.07 Å². The van der Waals surface area contributed by atoms with Crippen LogP contribution in [0.15, 0.2) is 24.3 Å². The van der Waals surface area contributed by atoms with Gasteiger partial charge in [-0.25, -0.2) is 4.39 Å². The Morgan fingerprint density at radius 1 is 1.19 bits per heavy atom. The van der Waals surface area contributed by atoms with Crippen molar-refractivity contribution in [2.45, 2.75) is 51.1 Å². The minimum Gasteiger partial charge on any atom is -0.368 e. The van der Waals surface area contributed by atoms with E-state index in [0.717, 1.165) is 0 Å². The number of rotatable bonds is 10. The van der Waals surface area contributed by atoms with Gasteiger partial charge >= 0.3 is 0 Å². The first-order valence-electron chi connectivity index (χ1n) is 8.32. The number of nitrogens with two attached hydrogens (primary N) is 1. The number of nitrogens with zero attached hydrogens (tertiary/aromatic N) is 1. The first-order chi connectivity index (χ1) is 12.3. The van der Waals surface area contributed by atoms with E-state index < -0.39 is 35.6 Å². The molecule has 26 heavy (non-hydrogen) atoms. The summed E-state index contributed by atoms with van der Waals surface area (Å²) < 4.78 is 13.8. The van der Waals surface area contributed by atoms with Gasteiger partial charge in [0.25, 0.3) is 0 Å². The quantitative estimate of drug-likeness (QED) is 0.535. The number of hydrogen-bond donors (Lipinski definition) is 3. The van der Waals surface area contributed by atoms with Crippen LogP contribution in [0.25, 0.3) is 0 Å². The normalized spacial score (nSPS) is 12.5. The summed E-state index contributed by atoms with van der Waals surface area (Å²) in [6.07, 6.45) is 1.70. The van der Waals surface area contributed by atoms with E-state index >= 15 is 0 Å². The van der Waals surface area contributed by atoms with Crippen LogP contribution in [-0.4, -0.2) is 29.8 Å². The molecular formula is C18H23FN4O3. The number of nitriles is 1. The van der Waals surface area contributed by atoms with Crippen molar-refractivity contribution in [2.24, 2.45) is 5.73 Å². The van der Waals surface area contributed by atoms with Crippen LogP contribution < -0.4 is 16.4 Å². The number of halogens is 1. The fraction of sp³-hybridized carbons (Fsp3) is 0.444. The van der Waals surface area contributed by atoms with Crippen molar-refractivity contribution >= 4 is 17.7 Å². The van der Waals surface area contributed by atoms with Gasteiger partial charge in [0.1, 0.15) is 17.9 Å². The molecule has 0 aliphatic heterocycles. The molecular weight excluding hydrogens is 339 g/mol. The minimum atomic E-state index is -1.04. The third kappa shape index (κ3) is 7.30. The Balaban J connectivity index is 2.80. The molecule has 8 heteroatoms. The molecule has 0 aliphatic rings. The van der Waals surface area contributed by atoms with Crippen LogP contribution in [0, 0.1) is 17.1 Å². The summed E-state index contributed by atoms with van der Waals surface area (Å²) in [6, 6.07) is 5.98. The highest BCUT2D eigenvalue weighted by molar-refractivity contribution is 5.91. The second-order valence-corrected chi connectivity index (χ2v) is 5.92. The first-order valence-corrected chi connectivity index (χ1v) is 8.32. The van der Waals surface area contributed by atoms with Crippen LogP contribution in [0.3, 0.4) is 0 Å². The molecule has 1 aromatic carbocycles. The number of unbranched alkanes of at least 4 members (excludes halogenated alkanes) is 2. The monoisotopic (exact) mass is 362 g/mol. The van der Waals surface area contributed by atoms with E-state index in [1.165, 1.54) is 25.1 Å². The molecule has 0 aliphatic carbocycles. The molecule has 0 fully saturated rings. The fourth-order valence-electron chi connectivity index (χ4n) is 2.45. The summed E-state index contributed by atoms with van der Waals surface area (Å²) in [7, 11) is 0. The van der Waals surface area contributed by atoms with Crippen molar-refractivity contribution in [3.63, 3.8) is 0 Å². The highest BCUT2D eigenvalue weighted by atomic mass is 19.1. The van der Waals surface area contributed by atoms with Gasteiger partial charge in [-0.3, -0.25) is 14.4 Å². The van der Waals surface area contributed by atoms with Crippen molar-refractivity contribution in [1.29, 1.82) is 5.26 Å². The van der Waals surface area contributed by atoms with Gasteiger partial charge in [-0.1, -0.05) is 18.2 Å². The molecule has 7 nitrogen and oxygen atoms in total. The predicted molar refractivity (Wildman–Crippen MR) is 92.9 cm³/mol. The van der Waals surface area contributed by atoms with Gasteiger partial charge in [0.15, 0.2) is 0 Å². The fourth-order valence-corrected chi connectivity index (χ4v) is 2.45. The number of carbonyl (C=O) groups excluding carboxylic acids is 3. The van der Waals surface area contributed by atoms with Gasteiger partial charge < -0.3 is 16.4 Å². The maximum Gasteiger partial charge on any atom is 0.243 e. The number of amides is 3. The van der Waals surface area contributed by atoms with Gasteiger partial charge in [-0.05, 0) is 30.9 Å². The third-order valence-corrected chi connectivity index (χ3v) is 3.77. The SMILES string of the molecule is CC(=O)N[C@H](Cc1ccccc1F)C(=O)N[C@@H](CCCCC#N)C(N)=O. The Kier molecular flexibility index (Phi) is 8.78. The Morgan fingerprint density at radius 3 is 2.46 bits per heavy atom. The van der Waals surface area contributed by atoms with Crippen LogP contribution >= 0.6 is 0 Å². The highest BCUT2D eigenvalue weighted by Gasteiger charge is 2.25. The zero-order valence-corrected chi connectivity index (χ0v) is 14.6. The number of primary amides is 1. The summed E-state index contributed by atoms with van der Waals surface area (Å²) >= 11 is 0. The molecule has 140 valence electrons. The predicted octanol–water partition coefficient (Wildman–Crippen LogP) is 0.927. The van der Waals surface area contributed by atoms with Gasteiger partial charge in [-0.15, -0.1) is 0 Å². The van der Waals surface area contributed by atoms with Crippen molar-refractivity contribution in [3.05, 3.63) is 35.6 Å². The Labute approximate surface area is 151 Å². The number of hydrogen-bond acceptors (Lipinski definition) is 4. The molecule has 0 saturated heterocycles. The molecule has 1 rings (SSSR count). The molecule has 0 aromatic heterocycles. The van der Waals surface area contributed by atoms with Crippen LogP contribution in [0.2, 0.25) is 0 Å². The van der Waals surface area contributed by atoms with Crippen molar-refractivity contribution < 1.29 is 18.8 Å². The van der Waals surface area contributed by atoms with Crippen LogP contribution in [0.5, 0.6) is 0 Å². The lowest BCUT2D eigenvalue weighted by Crippen LogP contribution is -2.53. The van der Waals surface area contributed by atoms with Gasteiger partial charge in [0.05, 0.1) is 6.07 Å². The van der Waals surface area contributed by atoms with E-state index in [0.29, 0.717) is 19.3 Å². The third-order valence-electron chi connectivity index (χ3n) is 3.77. The number of benzene rings is 1. The summed E-state index contributed by atoms with van der Waals surface area (Å²) in [4.78, 5) is 35.4. The molecule has 0 saturated carbocycles.